The lowest BCUT2D eigenvalue weighted by Crippen LogP contribution is -2.49. The molecule has 18 heavy (non-hydrogen) atoms. The summed E-state index contributed by atoms with van der Waals surface area (Å²) in [7, 11) is 0. The Kier molecular flexibility index (Phi) is 4.11. The first kappa shape index (κ1) is 13.2. The third-order valence-electron chi connectivity index (χ3n) is 3.45. The smallest absolute Gasteiger partial charge is 0.0941 e. The molecule has 3 nitrogen and oxygen atoms in total. The number of nitrogens with one attached hydrogen (secondary N) is 1. The van der Waals surface area contributed by atoms with Gasteiger partial charge in [0.05, 0.1) is 5.01 Å². The minimum Gasteiger partial charge on any atom is -0.271 e. The number of hydrogen-bond donors (Lipinski definition) is 2. The van der Waals surface area contributed by atoms with Crippen molar-refractivity contribution in [3.8, 4) is 0 Å². The van der Waals surface area contributed by atoms with E-state index >= 15 is 0 Å². The second kappa shape index (κ2) is 5.61. The van der Waals surface area contributed by atoms with Gasteiger partial charge in [0, 0.05) is 29.5 Å². The third-order valence-corrected chi connectivity index (χ3v) is 4.25. The first-order valence-corrected chi connectivity index (χ1v) is 6.92. The van der Waals surface area contributed by atoms with Gasteiger partial charge in [-0.15, -0.1) is 11.3 Å². The third kappa shape index (κ3) is 2.77. The predicted molar refractivity (Wildman–Crippen MR) is 76.4 cm³/mol. The Morgan fingerprint density at radius 2 is 2.06 bits per heavy atom. The number of thiazole rings is 1. The van der Waals surface area contributed by atoms with Crippen LogP contribution in [0.15, 0.2) is 41.9 Å². The van der Waals surface area contributed by atoms with Crippen LogP contribution < -0.4 is 11.3 Å². The Labute approximate surface area is 112 Å². The molecule has 0 aliphatic rings. The molecule has 0 radical (unpaired) electrons. The van der Waals surface area contributed by atoms with Crippen LogP contribution in [-0.4, -0.2) is 11.0 Å². The molecule has 2 rings (SSSR count). The van der Waals surface area contributed by atoms with E-state index in [0.29, 0.717) is 0 Å². The first-order chi connectivity index (χ1) is 8.64. The average Bonchev–Trinajstić information content (AvgIpc) is 2.89. The molecule has 1 aromatic heterocycles. The van der Waals surface area contributed by atoms with Crippen molar-refractivity contribution in [1.82, 2.24) is 10.4 Å². The Morgan fingerprint density at radius 1 is 1.33 bits per heavy atom. The summed E-state index contributed by atoms with van der Waals surface area (Å²) in [5, 5.41) is 3.11. The number of rotatable bonds is 5. The molecule has 0 saturated heterocycles. The molecule has 0 spiro atoms. The standard InChI is InChI=1S/C14H19N3S/c1-14(2,11-6-4-3-5-7-11)12(17-15)10-13-16-8-9-18-13/h3-9,12,17H,10,15H2,1-2H3. The van der Waals surface area contributed by atoms with Crippen LogP contribution in [0.4, 0.5) is 0 Å². The zero-order chi connectivity index (χ0) is 13.0. The predicted octanol–water partition coefficient (Wildman–Crippen LogP) is 2.50. The van der Waals surface area contributed by atoms with E-state index in [2.05, 4.69) is 48.5 Å². The SMILES string of the molecule is CC(C)(c1ccccc1)C(Cc1nccs1)NN. The van der Waals surface area contributed by atoms with Crippen molar-refractivity contribution >= 4 is 11.3 Å². The fraction of sp³-hybridized carbons (Fsp3) is 0.357. The van der Waals surface area contributed by atoms with Gasteiger partial charge in [-0.3, -0.25) is 11.3 Å². The van der Waals surface area contributed by atoms with Crippen LogP contribution in [0.25, 0.3) is 0 Å². The van der Waals surface area contributed by atoms with E-state index < -0.39 is 0 Å². The average molecular weight is 261 g/mol. The molecule has 1 aromatic carbocycles. The van der Waals surface area contributed by atoms with Crippen molar-refractivity contribution in [1.29, 1.82) is 0 Å². The Bertz CT molecular complexity index is 465. The van der Waals surface area contributed by atoms with Gasteiger partial charge in [-0.1, -0.05) is 44.2 Å². The monoisotopic (exact) mass is 261 g/mol. The lowest BCUT2D eigenvalue weighted by atomic mass is 9.77. The molecule has 3 N–H and O–H groups in total. The maximum atomic E-state index is 5.74. The topological polar surface area (TPSA) is 50.9 Å². The van der Waals surface area contributed by atoms with Crippen molar-refractivity contribution in [2.45, 2.75) is 31.7 Å². The van der Waals surface area contributed by atoms with Gasteiger partial charge < -0.3 is 0 Å². The lowest BCUT2D eigenvalue weighted by molar-refractivity contribution is 0.341. The Balaban J connectivity index is 2.21. The van der Waals surface area contributed by atoms with Crippen molar-refractivity contribution < 1.29 is 0 Å². The second-order valence-corrected chi connectivity index (χ2v) is 5.92. The molecular weight excluding hydrogens is 242 g/mol. The van der Waals surface area contributed by atoms with Crippen LogP contribution >= 0.6 is 11.3 Å². The molecule has 1 atom stereocenters. The van der Waals surface area contributed by atoms with Crippen LogP contribution in [-0.2, 0) is 11.8 Å². The minimum atomic E-state index is -0.0400. The molecule has 1 heterocycles. The van der Waals surface area contributed by atoms with Crippen molar-refractivity contribution in [2.75, 3.05) is 0 Å². The van der Waals surface area contributed by atoms with E-state index in [9.17, 15) is 0 Å². The molecule has 0 fully saturated rings. The number of benzene rings is 1. The summed E-state index contributed by atoms with van der Waals surface area (Å²) in [6.07, 6.45) is 2.68. The molecule has 4 heteroatoms. The van der Waals surface area contributed by atoms with Crippen LogP contribution in [0.5, 0.6) is 0 Å². The number of nitrogens with zero attached hydrogens (tertiary/aromatic N) is 1. The molecule has 0 aliphatic carbocycles. The number of aromatic nitrogens is 1. The van der Waals surface area contributed by atoms with E-state index in [1.165, 1.54) is 5.56 Å². The number of hydrazine groups is 1. The van der Waals surface area contributed by atoms with Gasteiger partial charge in [-0.25, -0.2) is 4.98 Å². The summed E-state index contributed by atoms with van der Waals surface area (Å²) in [4.78, 5) is 4.33. The molecule has 2 aromatic rings. The fourth-order valence-corrected chi connectivity index (χ4v) is 2.78. The highest BCUT2D eigenvalue weighted by molar-refractivity contribution is 7.09. The van der Waals surface area contributed by atoms with Crippen molar-refractivity contribution in [3.63, 3.8) is 0 Å². The Morgan fingerprint density at radius 3 is 2.61 bits per heavy atom. The summed E-state index contributed by atoms with van der Waals surface area (Å²) in [5.41, 5.74) is 4.19. The number of nitrogens with two attached hydrogens (primary N) is 1. The molecular formula is C14H19N3S. The first-order valence-electron chi connectivity index (χ1n) is 6.04. The summed E-state index contributed by atoms with van der Waals surface area (Å²) in [6.45, 7) is 4.42. The number of hydrogen-bond acceptors (Lipinski definition) is 4. The highest BCUT2D eigenvalue weighted by atomic mass is 32.1. The maximum absolute atomic E-state index is 5.74. The van der Waals surface area contributed by atoms with E-state index in [4.69, 9.17) is 5.84 Å². The lowest BCUT2D eigenvalue weighted by Gasteiger charge is -2.34. The van der Waals surface area contributed by atoms with Crippen molar-refractivity contribution in [2.24, 2.45) is 5.84 Å². The van der Waals surface area contributed by atoms with E-state index in [1.54, 1.807) is 11.3 Å². The van der Waals surface area contributed by atoms with Crippen LogP contribution in [0.2, 0.25) is 0 Å². The van der Waals surface area contributed by atoms with Gasteiger partial charge in [-0.05, 0) is 5.56 Å². The van der Waals surface area contributed by atoms with Gasteiger partial charge in [0.25, 0.3) is 0 Å². The highest BCUT2D eigenvalue weighted by Crippen LogP contribution is 2.28. The summed E-state index contributed by atoms with van der Waals surface area (Å²) in [6, 6.07) is 10.6. The molecule has 96 valence electrons. The van der Waals surface area contributed by atoms with E-state index in [0.717, 1.165) is 11.4 Å². The maximum Gasteiger partial charge on any atom is 0.0941 e. The normalized spacial score (nSPS) is 13.5. The van der Waals surface area contributed by atoms with Crippen LogP contribution in [0.1, 0.15) is 24.4 Å². The minimum absolute atomic E-state index is 0.0400. The highest BCUT2D eigenvalue weighted by Gasteiger charge is 2.31. The molecule has 0 amide bonds. The zero-order valence-electron chi connectivity index (χ0n) is 10.8. The van der Waals surface area contributed by atoms with Gasteiger partial charge in [0.1, 0.15) is 0 Å². The van der Waals surface area contributed by atoms with E-state index in [-0.39, 0.29) is 11.5 Å². The summed E-state index contributed by atoms with van der Waals surface area (Å²) < 4.78 is 0. The molecule has 0 bridgehead atoms. The van der Waals surface area contributed by atoms with Crippen LogP contribution in [0, 0.1) is 0 Å². The van der Waals surface area contributed by atoms with Gasteiger partial charge in [0.2, 0.25) is 0 Å². The Hall–Kier alpha value is -1.23. The van der Waals surface area contributed by atoms with Crippen LogP contribution in [0.3, 0.4) is 0 Å². The van der Waals surface area contributed by atoms with E-state index in [1.807, 2.05) is 17.6 Å². The second-order valence-electron chi connectivity index (χ2n) is 4.94. The molecule has 0 saturated carbocycles. The quantitative estimate of drug-likeness (QED) is 0.642. The van der Waals surface area contributed by atoms with Gasteiger partial charge >= 0.3 is 0 Å². The van der Waals surface area contributed by atoms with Gasteiger partial charge in [0.15, 0.2) is 0 Å². The molecule has 1 unspecified atom stereocenters. The largest absolute Gasteiger partial charge is 0.271 e. The fourth-order valence-electron chi connectivity index (χ4n) is 2.12. The molecule has 0 aliphatic heterocycles. The zero-order valence-corrected chi connectivity index (χ0v) is 11.6. The van der Waals surface area contributed by atoms with Gasteiger partial charge in [-0.2, -0.15) is 0 Å². The summed E-state index contributed by atoms with van der Waals surface area (Å²) in [5.74, 6) is 5.74. The summed E-state index contributed by atoms with van der Waals surface area (Å²) >= 11 is 1.67. The van der Waals surface area contributed by atoms with Crippen molar-refractivity contribution in [3.05, 3.63) is 52.5 Å².